The van der Waals surface area contributed by atoms with Gasteiger partial charge in [0.2, 0.25) is 0 Å². The molecule has 27 heavy (non-hydrogen) atoms. The summed E-state index contributed by atoms with van der Waals surface area (Å²) < 4.78 is 18.3. The molecule has 0 radical (unpaired) electrons. The first kappa shape index (κ1) is 19.4. The average molecular weight is 370 g/mol. The number of likely N-dealkylation sites (tertiary alicyclic amines) is 1. The molecule has 144 valence electrons. The fourth-order valence-electron chi connectivity index (χ4n) is 3.33. The molecular formula is C22H27FN2O2. The second-order valence-corrected chi connectivity index (χ2v) is 6.99. The number of ether oxygens (including phenoxy) is 1. The number of benzene rings is 2. The number of hydrogen-bond donors (Lipinski definition) is 1. The van der Waals surface area contributed by atoms with Crippen molar-refractivity contribution in [2.75, 3.05) is 19.6 Å². The van der Waals surface area contributed by atoms with Crippen LogP contribution in [0.5, 0.6) is 0 Å². The van der Waals surface area contributed by atoms with Crippen LogP contribution < -0.4 is 5.32 Å². The lowest BCUT2D eigenvalue weighted by Gasteiger charge is -2.31. The Hall–Kier alpha value is -2.40. The predicted octanol–water partition coefficient (Wildman–Crippen LogP) is 4.15. The van der Waals surface area contributed by atoms with Gasteiger partial charge in [0, 0.05) is 19.1 Å². The summed E-state index contributed by atoms with van der Waals surface area (Å²) in [7, 11) is 0. The molecule has 0 unspecified atom stereocenters. The van der Waals surface area contributed by atoms with Crippen molar-refractivity contribution in [3.8, 4) is 0 Å². The lowest BCUT2D eigenvalue weighted by molar-refractivity contribution is 0.0853. The van der Waals surface area contributed by atoms with Gasteiger partial charge in [0.15, 0.2) is 0 Å². The van der Waals surface area contributed by atoms with Crippen LogP contribution in [0, 0.1) is 5.82 Å². The van der Waals surface area contributed by atoms with Crippen molar-refractivity contribution >= 4 is 6.09 Å². The van der Waals surface area contributed by atoms with Crippen molar-refractivity contribution in [2.45, 2.75) is 38.3 Å². The molecule has 1 saturated heterocycles. The number of rotatable bonds is 7. The molecule has 5 heteroatoms. The molecule has 1 amide bonds. The maximum atomic E-state index is 12.9. The van der Waals surface area contributed by atoms with E-state index in [0.29, 0.717) is 12.6 Å². The van der Waals surface area contributed by atoms with Gasteiger partial charge in [-0.25, -0.2) is 9.18 Å². The molecule has 0 atom stereocenters. The zero-order valence-corrected chi connectivity index (χ0v) is 15.6. The van der Waals surface area contributed by atoms with E-state index in [-0.39, 0.29) is 11.9 Å². The summed E-state index contributed by atoms with van der Waals surface area (Å²) in [5.74, 6) is -0.189. The Morgan fingerprint density at radius 3 is 2.44 bits per heavy atom. The zero-order chi connectivity index (χ0) is 18.9. The quantitative estimate of drug-likeness (QED) is 0.745. The number of amides is 1. The Morgan fingerprint density at radius 1 is 1.04 bits per heavy atom. The third-order valence-corrected chi connectivity index (χ3v) is 4.95. The normalized spacial score (nSPS) is 14.9. The fraction of sp³-hybridized carbons (Fsp3) is 0.409. The molecule has 3 rings (SSSR count). The van der Waals surface area contributed by atoms with Crippen LogP contribution in [-0.2, 0) is 17.8 Å². The van der Waals surface area contributed by atoms with Crippen LogP contribution >= 0.6 is 0 Å². The number of aryl methyl sites for hydroxylation is 1. The van der Waals surface area contributed by atoms with E-state index in [4.69, 9.17) is 4.74 Å². The van der Waals surface area contributed by atoms with Crippen molar-refractivity contribution in [1.82, 2.24) is 10.2 Å². The molecule has 1 heterocycles. The molecule has 0 bridgehead atoms. The maximum absolute atomic E-state index is 12.9. The van der Waals surface area contributed by atoms with Gasteiger partial charge in [0.25, 0.3) is 0 Å². The van der Waals surface area contributed by atoms with E-state index < -0.39 is 0 Å². The van der Waals surface area contributed by atoms with E-state index in [1.54, 1.807) is 4.90 Å². The minimum absolute atomic E-state index is 0.189. The lowest BCUT2D eigenvalue weighted by atomic mass is 10.0. The molecule has 1 aliphatic rings. The van der Waals surface area contributed by atoms with Crippen molar-refractivity contribution in [3.63, 3.8) is 0 Å². The van der Waals surface area contributed by atoms with Gasteiger partial charge in [-0.05, 0) is 55.5 Å². The summed E-state index contributed by atoms with van der Waals surface area (Å²) >= 11 is 0. The van der Waals surface area contributed by atoms with Gasteiger partial charge >= 0.3 is 6.09 Å². The van der Waals surface area contributed by atoms with Gasteiger partial charge in [0.1, 0.15) is 12.4 Å². The van der Waals surface area contributed by atoms with Gasteiger partial charge in [0.05, 0.1) is 0 Å². The minimum atomic E-state index is -0.228. The standard InChI is InChI=1S/C22H27FN2O2/c23-20-10-8-18(9-11-20)7-4-14-24-21-12-15-25(16-13-21)22(26)27-17-19-5-2-1-3-6-19/h1-3,5-6,8-11,21,24H,4,7,12-17H2. The number of piperidine rings is 1. The highest BCUT2D eigenvalue weighted by Gasteiger charge is 2.23. The molecular weight excluding hydrogens is 343 g/mol. The highest BCUT2D eigenvalue weighted by atomic mass is 19.1. The van der Waals surface area contributed by atoms with Crippen LogP contribution in [-0.4, -0.2) is 36.7 Å². The molecule has 1 N–H and O–H groups in total. The molecule has 2 aromatic carbocycles. The average Bonchev–Trinajstić information content (AvgIpc) is 2.72. The summed E-state index contributed by atoms with van der Waals surface area (Å²) in [5, 5.41) is 3.57. The van der Waals surface area contributed by atoms with E-state index in [9.17, 15) is 9.18 Å². The van der Waals surface area contributed by atoms with Crippen molar-refractivity contribution in [2.24, 2.45) is 0 Å². The molecule has 1 fully saturated rings. The SMILES string of the molecule is O=C(OCc1ccccc1)N1CCC(NCCCc2ccc(F)cc2)CC1. The Labute approximate surface area is 160 Å². The first-order valence-corrected chi connectivity index (χ1v) is 9.64. The number of carbonyl (C=O) groups excluding carboxylic acids is 1. The van der Waals surface area contributed by atoms with Crippen LogP contribution in [0.1, 0.15) is 30.4 Å². The second-order valence-electron chi connectivity index (χ2n) is 6.99. The van der Waals surface area contributed by atoms with Gasteiger partial charge in [-0.1, -0.05) is 42.5 Å². The Morgan fingerprint density at radius 2 is 1.74 bits per heavy atom. The first-order valence-electron chi connectivity index (χ1n) is 9.64. The van der Waals surface area contributed by atoms with Crippen molar-refractivity contribution in [1.29, 1.82) is 0 Å². The van der Waals surface area contributed by atoms with E-state index in [1.807, 2.05) is 42.5 Å². The first-order chi connectivity index (χ1) is 13.2. The predicted molar refractivity (Wildman–Crippen MR) is 104 cm³/mol. The molecule has 0 saturated carbocycles. The largest absolute Gasteiger partial charge is 0.445 e. The second kappa shape index (κ2) is 10.1. The fourth-order valence-corrected chi connectivity index (χ4v) is 3.33. The van der Waals surface area contributed by atoms with Crippen molar-refractivity contribution in [3.05, 3.63) is 71.5 Å². The molecule has 2 aromatic rings. The van der Waals surface area contributed by atoms with Crippen molar-refractivity contribution < 1.29 is 13.9 Å². The Kier molecular flexibility index (Phi) is 7.22. The number of carbonyl (C=O) groups is 1. The van der Waals surface area contributed by atoms with E-state index in [2.05, 4.69) is 5.32 Å². The zero-order valence-electron chi connectivity index (χ0n) is 15.6. The van der Waals surface area contributed by atoms with Gasteiger partial charge in [-0.3, -0.25) is 0 Å². The summed E-state index contributed by atoms with van der Waals surface area (Å²) in [4.78, 5) is 14.0. The number of nitrogens with zero attached hydrogens (tertiary/aromatic N) is 1. The summed E-state index contributed by atoms with van der Waals surface area (Å²) in [6.45, 7) is 2.70. The maximum Gasteiger partial charge on any atom is 0.410 e. The van der Waals surface area contributed by atoms with Crippen LogP contribution in [0.3, 0.4) is 0 Å². The van der Waals surface area contributed by atoms with Crippen LogP contribution in [0.4, 0.5) is 9.18 Å². The Balaban J connectivity index is 1.29. The number of hydrogen-bond acceptors (Lipinski definition) is 3. The lowest BCUT2D eigenvalue weighted by Crippen LogP contribution is -2.45. The van der Waals surface area contributed by atoms with Crippen LogP contribution in [0.2, 0.25) is 0 Å². The number of nitrogens with one attached hydrogen (secondary N) is 1. The summed E-state index contributed by atoms with van der Waals surface area (Å²) in [6.07, 6.45) is 3.62. The topological polar surface area (TPSA) is 41.6 Å². The third-order valence-electron chi connectivity index (χ3n) is 4.95. The summed E-state index contributed by atoms with van der Waals surface area (Å²) in [6, 6.07) is 16.9. The van der Waals surface area contributed by atoms with Gasteiger partial charge in [-0.15, -0.1) is 0 Å². The van der Waals surface area contributed by atoms with E-state index in [1.165, 1.54) is 12.1 Å². The molecule has 1 aliphatic heterocycles. The highest BCUT2D eigenvalue weighted by molar-refractivity contribution is 5.67. The van der Waals surface area contributed by atoms with Gasteiger partial charge in [-0.2, -0.15) is 0 Å². The molecule has 0 aliphatic carbocycles. The minimum Gasteiger partial charge on any atom is -0.445 e. The van der Waals surface area contributed by atoms with E-state index in [0.717, 1.165) is 56.4 Å². The van der Waals surface area contributed by atoms with Crippen LogP contribution in [0.15, 0.2) is 54.6 Å². The highest BCUT2D eigenvalue weighted by Crippen LogP contribution is 2.13. The smallest absolute Gasteiger partial charge is 0.410 e. The Bertz CT molecular complexity index is 698. The third kappa shape index (κ3) is 6.36. The molecule has 0 spiro atoms. The van der Waals surface area contributed by atoms with Gasteiger partial charge < -0.3 is 15.0 Å². The van der Waals surface area contributed by atoms with E-state index >= 15 is 0 Å². The summed E-state index contributed by atoms with van der Waals surface area (Å²) in [5.41, 5.74) is 2.16. The van der Waals surface area contributed by atoms with Crippen LogP contribution in [0.25, 0.3) is 0 Å². The number of halogens is 1. The molecule has 0 aromatic heterocycles. The monoisotopic (exact) mass is 370 g/mol. The molecule has 4 nitrogen and oxygen atoms in total.